The number of ether oxygens (including phenoxy) is 1. The SMILES string of the molecule is COc1ccccc1C(CNCCc1cc(Cl)cc(Cl)c1)N1CCN(C2CCCCC2)CC1.Cc1ccc(NC(=O)NCC(c2ccccc2)N2CCN(c3ccccc3)CC2)cc1.FC(F)(F)c1ccc(CCNCC(c2ccc(C(F)(F)F)cc2)N2CCN(C3CCCCC3)CC2)cc1.[HH].[HH].[HH]. The summed E-state index contributed by atoms with van der Waals surface area (Å²) in [6.45, 7) is 17.5. The van der Waals surface area contributed by atoms with Crippen molar-refractivity contribution in [3.63, 3.8) is 0 Å². The molecule has 0 aromatic heterocycles. The van der Waals surface area contributed by atoms with Gasteiger partial charge in [-0.05, 0) is 154 Å². The number of amides is 2. The Morgan fingerprint density at radius 2 is 0.941 bits per heavy atom. The van der Waals surface area contributed by atoms with Gasteiger partial charge in [-0.3, -0.25) is 24.5 Å². The van der Waals surface area contributed by atoms with E-state index in [1.807, 2.05) is 49.4 Å². The molecule has 12 rings (SSSR count). The van der Waals surface area contributed by atoms with E-state index in [1.165, 1.54) is 98.7 Å². The molecule has 2 aliphatic carbocycles. The fraction of sp³-hybridized carbons (Fsp3) is 0.469. The molecule has 20 heteroatoms. The molecule has 2 amide bonds. The predicted octanol–water partition coefficient (Wildman–Crippen LogP) is 17.8. The molecule has 4 N–H and O–H groups in total. The van der Waals surface area contributed by atoms with Crippen LogP contribution in [-0.4, -0.2) is 161 Å². The zero-order valence-electron chi connectivity index (χ0n) is 58.7. The van der Waals surface area contributed by atoms with Crippen molar-refractivity contribution in [1.82, 2.24) is 40.4 Å². The topological polar surface area (TPSA) is 93.9 Å². The number of alkyl halides is 6. The maximum atomic E-state index is 13.1. The van der Waals surface area contributed by atoms with Gasteiger partial charge in [0.2, 0.25) is 0 Å². The molecule has 0 radical (unpaired) electrons. The molecule has 3 saturated heterocycles. The molecule has 7 aromatic carbocycles. The predicted molar refractivity (Wildman–Crippen MR) is 405 cm³/mol. The number of piperazine rings is 3. The molecule has 3 unspecified atom stereocenters. The Morgan fingerprint density at radius 3 is 1.47 bits per heavy atom. The van der Waals surface area contributed by atoms with Crippen molar-refractivity contribution in [2.24, 2.45) is 0 Å². The van der Waals surface area contributed by atoms with E-state index < -0.39 is 23.5 Å². The fourth-order valence-electron chi connectivity index (χ4n) is 15.1. The molecule has 0 bridgehead atoms. The van der Waals surface area contributed by atoms with Gasteiger partial charge in [-0.2, -0.15) is 26.3 Å². The highest BCUT2D eigenvalue weighted by Gasteiger charge is 2.35. The van der Waals surface area contributed by atoms with E-state index in [2.05, 4.69) is 130 Å². The van der Waals surface area contributed by atoms with Crippen LogP contribution in [-0.2, 0) is 25.2 Å². The van der Waals surface area contributed by atoms with Crippen molar-refractivity contribution < 1.29 is 40.2 Å². The van der Waals surface area contributed by atoms with Crippen LogP contribution in [0.15, 0.2) is 176 Å². The number of carbonyl (C=O) groups excluding carboxylic acids is 1. The van der Waals surface area contributed by atoms with Gasteiger partial charge in [-0.25, -0.2) is 4.79 Å². The summed E-state index contributed by atoms with van der Waals surface area (Å²) in [7, 11) is 1.77. The summed E-state index contributed by atoms with van der Waals surface area (Å²) in [6, 6.07) is 55.3. The first-order valence-electron chi connectivity index (χ1n) is 36.4. The number of hydrogen-bond acceptors (Lipinski definition) is 10. The van der Waals surface area contributed by atoms with Crippen LogP contribution in [0, 0.1) is 6.92 Å². The number of benzene rings is 7. The lowest BCUT2D eigenvalue weighted by atomic mass is 9.93. The fourth-order valence-corrected chi connectivity index (χ4v) is 15.6. The first kappa shape index (κ1) is 76.9. The average Bonchev–Trinajstić information content (AvgIpc) is 0.895. The van der Waals surface area contributed by atoms with E-state index in [9.17, 15) is 31.1 Å². The molecule has 12 nitrogen and oxygen atoms in total. The number of nitrogens with zero attached hydrogens (tertiary/aromatic N) is 6. The van der Waals surface area contributed by atoms with Crippen LogP contribution >= 0.6 is 23.2 Å². The van der Waals surface area contributed by atoms with Gasteiger partial charge in [-0.15, -0.1) is 0 Å². The first-order valence-corrected chi connectivity index (χ1v) is 37.2. The van der Waals surface area contributed by atoms with E-state index in [0.29, 0.717) is 42.1 Å². The Labute approximate surface area is 609 Å². The average molecular weight is 1440 g/mol. The Morgan fingerprint density at radius 1 is 0.495 bits per heavy atom. The van der Waals surface area contributed by atoms with Gasteiger partial charge >= 0.3 is 18.4 Å². The third kappa shape index (κ3) is 23.7. The Kier molecular flexibility index (Phi) is 29.5. The van der Waals surface area contributed by atoms with Crippen molar-refractivity contribution in [3.05, 3.63) is 230 Å². The number of aryl methyl sites for hydroxylation is 1. The zero-order chi connectivity index (χ0) is 71.0. The minimum atomic E-state index is -4.38. The number of para-hydroxylation sites is 2. The smallest absolute Gasteiger partial charge is 0.416 e. The molecule has 7 aromatic rings. The molecule has 5 fully saturated rings. The van der Waals surface area contributed by atoms with Gasteiger partial charge in [0.25, 0.3) is 0 Å². The van der Waals surface area contributed by atoms with Crippen molar-refractivity contribution in [2.75, 3.05) is 129 Å². The van der Waals surface area contributed by atoms with Crippen LogP contribution in [0.5, 0.6) is 5.75 Å². The molecule has 5 aliphatic rings. The summed E-state index contributed by atoms with van der Waals surface area (Å²) in [4.78, 5) is 27.7. The monoisotopic (exact) mass is 1440 g/mol. The van der Waals surface area contributed by atoms with Crippen LogP contribution in [0.25, 0.3) is 0 Å². The number of halogens is 8. The molecule has 3 heterocycles. The van der Waals surface area contributed by atoms with Crippen LogP contribution in [0.1, 0.15) is 131 Å². The number of methoxy groups -OCH3 is 1. The lowest BCUT2D eigenvalue weighted by molar-refractivity contribution is -0.138. The largest absolute Gasteiger partial charge is 0.496 e. The first-order chi connectivity index (χ1) is 48.9. The Hall–Kier alpha value is -6.71. The van der Waals surface area contributed by atoms with Gasteiger partial charge < -0.3 is 30.9 Å². The van der Waals surface area contributed by atoms with Crippen LogP contribution < -0.4 is 30.9 Å². The van der Waals surface area contributed by atoms with E-state index in [1.54, 1.807) is 25.3 Å². The summed E-state index contributed by atoms with van der Waals surface area (Å²) in [5.41, 5.74) is 7.21. The van der Waals surface area contributed by atoms with Gasteiger partial charge in [0.05, 0.1) is 30.3 Å². The van der Waals surface area contributed by atoms with Gasteiger partial charge in [0, 0.05) is 148 Å². The molecule has 101 heavy (non-hydrogen) atoms. The highest BCUT2D eigenvalue weighted by Crippen LogP contribution is 2.35. The summed E-state index contributed by atoms with van der Waals surface area (Å²) in [5, 5.41) is 14.5. The lowest BCUT2D eigenvalue weighted by Crippen LogP contribution is -2.52. The molecule has 550 valence electrons. The number of hydrogen-bond donors (Lipinski definition) is 4. The maximum Gasteiger partial charge on any atom is 0.416 e. The van der Waals surface area contributed by atoms with Crippen LogP contribution in [0.2, 0.25) is 10.0 Å². The quantitative estimate of drug-likeness (QED) is 0.0367. The molecular weight excluding hydrogens is 1330 g/mol. The normalized spacial score (nSPS) is 18.3. The third-order valence-corrected chi connectivity index (χ3v) is 21.2. The highest BCUT2D eigenvalue weighted by atomic mass is 35.5. The van der Waals surface area contributed by atoms with Crippen LogP contribution in [0.4, 0.5) is 42.5 Å². The van der Waals surface area contributed by atoms with E-state index in [-0.39, 0.29) is 28.4 Å². The molecule has 3 aliphatic heterocycles. The minimum Gasteiger partial charge on any atom is -0.496 e. The molecule has 2 saturated carbocycles. The molecular formula is C81H108Cl2F6N10O2. The van der Waals surface area contributed by atoms with Crippen molar-refractivity contribution in [3.8, 4) is 5.75 Å². The Balaban J connectivity index is 0.000000216. The minimum absolute atomic E-state index is 0. The summed E-state index contributed by atoms with van der Waals surface area (Å²) in [6.07, 6.45) is 6.06. The number of urea groups is 1. The number of nitrogens with one attached hydrogen (secondary N) is 4. The molecule has 3 atom stereocenters. The highest BCUT2D eigenvalue weighted by molar-refractivity contribution is 6.34. The standard InChI is InChI=1S/C28H35F6N3.C27H37Cl2N3O.C26H30N4O.3H2/c29-27(30,31)23-10-6-21(7-11-23)14-15-35-20-26(22-8-12-24(13-9-22)28(32,33)34)37-18-16-36(17-19-37)25-4-2-1-3-5-25;1-33-27-10-6-5-9-25(27)26(20-30-12-11-21-17-22(28)19-23(29)18-21)32-15-13-31(14-16-32)24-7-3-2-4-8-24;1-21-12-14-23(15-13-21)28-26(31)27-20-25(22-8-4-2-5-9-22)30-18-16-29(17-19-30)24-10-6-3-7-11-24;;;/h6-13,25-26,35H,1-5,14-20H2;5-6,9-10,17-19,24,26,30H,2-4,7-8,11-16,20H2,1H3;2-15,25H,16-20H2,1H3,(H2,27,28,31);3*1H. The van der Waals surface area contributed by atoms with Crippen molar-refractivity contribution >= 4 is 40.6 Å². The zero-order valence-corrected chi connectivity index (χ0v) is 60.2. The lowest BCUT2D eigenvalue weighted by Gasteiger charge is -2.43. The van der Waals surface area contributed by atoms with Crippen LogP contribution in [0.3, 0.4) is 0 Å². The van der Waals surface area contributed by atoms with Gasteiger partial charge in [0.1, 0.15) is 5.75 Å². The number of rotatable bonds is 23. The van der Waals surface area contributed by atoms with Crippen molar-refractivity contribution in [2.45, 2.75) is 127 Å². The second-order valence-electron chi connectivity index (χ2n) is 27.5. The third-order valence-electron chi connectivity index (χ3n) is 20.8. The summed E-state index contributed by atoms with van der Waals surface area (Å²) in [5.74, 6) is 0.973. The maximum absolute atomic E-state index is 13.1. The van der Waals surface area contributed by atoms with E-state index >= 15 is 0 Å². The second-order valence-corrected chi connectivity index (χ2v) is 28.4. The summed E-state index contributed by atoms with van der Waals surface area (Å²) < 4.78 is 83.4. The number of carbonyl (C=O) groups is 1. The molecule has 0 spiro atoms. The second kappa shape index (κ2) is 38.7. The summed E-state index contributed by atoms with van der Waals surface area (Å²) >= 11 is 12.3. The van der Waals surface area contributed by atoms with Gasteiger partial charge in [-0.1, -0.05) is 170 Å². The number of anilines is 2. The Bertz CT molecular complexity index is 3540. The van der Waals surface area contributed by atoms with Gasteiger partial charge in [0.15, 0.2) is 0 Å². The van der Waals surface area contributed by atoms with Crippen molar-refractivity contribution in [1.29, 1.82) is 0 Å². The van der Waals surface area contributed by atoms with E-state index in [0.717, 1.165) is 156 Å². The van der Waals surface area contributed by atoms with E-state index in [4.69, 9.17) is 27.9 Å².